The maximum Gasteiger partial charge on any atom is 0.416 e. The predicted octanol–water partition coefficient (Wildman–Crippen LogP) is 7.46. The Balaban J connectivity index is 1.45. The molecule has 1 atom stereocenters. The van der Waals surface area contributed by atoms with Gasteiger partial charge in [0.25, 0.3) is 5.91 Å². The van der Waals surface area contributed by atoms with Crippen molar-refractivity contribution in [3.63, 3.8) is 0 Å². The summed E-state index contributed by atoms with van der Waals surface area (Å²) in [5.41, 5.74) is -2.15. The smallest absolute Gasteiger partial charge is 0.416 e. The summed E-state index contributed by atoms with van der Waals surface area (Å²) >= 11 is 12.3. The first kappa shape index (κ1) is 31.8. The minimum absolute atomic E-state index is 0.0172. The Hall–Kier alpha value is -3.15. The van der Waals surface area contributed by atoms with Gasteiger partial charge in [-0.15, -0.1) is 0 Å². The molecule has 5 nitrogen and oxygen atoms in total. The molecule has 0 saturated carbocycles. The minimum atomic E-state index is -5.06. The molecule has 1 amide bonds. The van der Waals surface area contributed by atoms with E-state index < -0.39 is 35.0 Å². The van der Waals surface area contributed by atoms with Crippen LogP contribution in [0.25, 0.3) is 0 Å². The molecule has 0 bridgehead atoms. The second-order valence-corrected chi connectivity index (χ2v) is 10.8. The zero-order valence-electron chi connectivity index (χ0n) is 22.1. The van der Waals surface area contributed by atoms with E-state index in [1.54, 1.807) is 30.3 Å². The normalized spacial score (nSPS) is 15.5. The fourth-order valence-corrected chi connectivity index (χ4v) is 5.09. The number of nitrogens with zero attached hydrogens (tertiary/aromatic N) is 2. The average molecular weight is 634 g/mol. The fraction of sp³-hybridized carbons (Fsp3) is 0.345. The van der Waals surface area contributed by atoms with Crippen LogP contribution in [-0.4, -0.2) is 55.2 Å². The van der Waals surface area contributed by atoms with Gasteiger partial charge in [-0.2, -0.15) is 26.3 Å². The van der Waals surface area contributed by atoms with Crippen molar-refractivity contribution in [2.45, 2.75) is 24.7 Å². The van der Waals surface area contributed by atoms with Gasteiger partial charge in [-0.3, -0.25) is 9.69 Å². The quantitative estimate of drug-likeness (QED) is 0.253. The van der Waals surface area contributed by atoms with Gasteiger partial charge in [-0.1, -0.05) is 29.3 Å². The van der Waals surface area contributed by atoms with Crippen molar-refractivity contribution in [3.8, 4) is 5.75 Å². The summed E-state index contributed by atoms with van der Waals surface area (Å²) in [5, 5.41) is 12.6. The summed E-state index contributed by atoms with van der Waals surface area (Å²) in [4.78, 5) is 17.3. The Morgan fingerprint density at radius 1 is 0.833 bits per heavy atom. The zero-order valence-corrected chi connectivity index (χ0v) is 23.6. The first-order valence-electron chi connectivity index (χ1n) is 13.0. The number of aromatic hydroxyl groups is 1. The number of carbonyl (C=O) groups is 1. The summed E-state index contributed by atoms with van der Waals surface area (Å²) < 4.78 is 79.7. The van der Waals surface area contributed by atoms with Crippen LogP contribution in [-0.2, 0) is 12.4 Å². The maximum absolute atomic E-state index is 13.3. The van der Waals surface area contributed by atoms with Gasteiger partial charge >= 0.3 is 12.4 Å². The number of alkyl halides is 6. The first-order chi connectivity index (χ1) is 19.7. The number of hydrogen-bond acceptors (Lipinski definition) is 4. The highest BCUT2D eigenvalue weighted by Crippen LogP contribution is 2.36. The molecule has 3 aromatic carbocycles. The number of phenols is 1. The van der Waals surface area contributed by atoms with E-state index in [2.05, 4.69) is 15.1 Å². The summed E-state index contributed by atoms with van der Waals surface area (Å²) in [6.45, 7) is 3.54. The number of hydrogen-bond donors (Lipinski definition) is 2. The molecule has 0 aliphatic carbocycles. The van der Waals surface area contributed by atoms with E-state index in [0.29, 0.717) is 35.7 Å². The van der Waals surface area contributed by atoms with Crippen molar-refractivity contribution in [3.05, 3.63) is 93.0 Å². The van der Waals surface area contributed by atoms with Gasteiger partial charge in [0.2, 0.25) is 0 Å². The largest absolute Gasteiger partial charge is 0.508 e. The molecule has 0 spiro atoms. The lowest BCUT2D eigenvalue weighted by Gasteiger charge is -2.36. The van der Waals surface area contributed by atoms with Crippen LogP contribution in [0.15, 0.2) is 60.7 Å². The van der Waals surface area contributed by atoms with Crippen molar-refractivity contribution in [2.24, 2.45) is 0 Å². The third-order valence-corrected chi connectivity index (χ3v) is 7.89. The van der Waals surface area contributed by atoms with Crippen LogP contribution >= 0.6 is 23.2 Å². The SMILES string of the molecule is O=C(NCC(CCN1CCN(c2ccc(O)cc2)CC1)c1ccc(Cl)c(Cl)c1)c1cc(C(F)(F)F)cc(C(F)(F)F)c1. The van der Waals surface area contributed by atoms with Gasteiger partial charge in [-0.05, 0) is 73.1 Å². The molecule has 1 aliphatic rings. The van der Waals surface area contributed by atoms with E-state index in [0.717, 1.165) is 31.9 Å². The molecule has 1 fully saturated rings. The molecule has 4 rings (SSSR count). The number of anilines is 1. The molecule has 0 radical (unpaired) electrons. The Morgan fingerprint density at radius 3 is 1.98 bits per heavy atom. The highest BCUT2D eigenvalue weighted by atomic mass is 35.5. The van der Waals surface area contributed by atoms with Gasteiger partial charge in [0.15, 0.2) is 0 Å². The molecule has 13 heteroatoms. The second kappa shape index (κ2) is 13.0. The molecular formula is C29H27Cl2F6N3O2. The Labute approximate surface area is 248 Å². The Morgan fingerprint density at radius 2 is 1.43 bits per heavy atom. The van der Waals surface area contributed by atoms with Crippen LogP contribution in [0.4, 0.5) is 32.0 Å². The van der Waals surface area contributed by atoms with E-state index in [1.807, 2.05) is 12.1 Å². The van der Waals surface area contributed by atoms with E-state index in [-0.39, 0.29) is 29.3 Å². The summed E-state index contributed by atoms with van der Waals surface area (Å²) in [7, 11) is 0. The molecule has 1 heterocycles. The maximum atomic E-state index is 13.3. The number of phenolic OH excluding ortho intramolecular Hbond substituents is 1. The standard InChI is InChI=1S/C29H27Cl2F6N3O2/c30-25-6-1-18(15-26(25)31)19(7-8-39-9-11-40(12-10-39)23-2-4-24(41)5-3-23)17-38-27(42)20-13-21(28(32,33)34)16-22(14-20)29(35,36)37/h1-6,13-16,19,41H,7-12,17H2,(H,38,42). The lowest BCUT2D eigenvalue weighted by atomic mass is 9.94. The number of piperazine rings is 1. The van der Waals surface area contributed by atoms with Gasteiger partial charge in [0, 0.05) is 49.9 Å². The van der Waals surface area contributed by atoms with E-state index in [9.17, 15) is 36.2 Å². The Bertz CT molecular complexity index is 1360. The molecule has 42 heavy (non-hydrogen) atoms. The van der Waals surface area contributed by atoms with Crippen LogP contribution in [0.2, 0.25) is 10.0 Å². The topological polar surface area (TPSA) is 55.8 Å². The highest BCUT2D eigenvalue weighted by Gasteiger charge is 2.37. The van der Waals surface area contributed by atoms with Gasteiger partial charge < -0.3 is 15.3 Å². The van der Waals surface area contributed by atoms with Crippen LogP contribution in [0.3, 0.4) is 0 Å². The highest BCUT2D eigenvalue weighted by molar-refractivity contribution is 6.42. The molecular weight excluding hydrogens is 607 g/mol. The molecule has 0 aromatic heterocycles. The minimum Gasteiger partial charge on any atom is -0.508 e. The van der Waals surface area contributed by atoms with Crippen LogP contribution in [0.1, 0.15) is 39.4 Å². The molecule has 1 unspecified atom stereocenters. The number of halogens is 8. The van der Waals surface area contributed by atoms with Crippen LogP contribution < -0.4 is 10.2 Å². The van der Waals surface area contributed by atoms with Crippen molar-refractivity contribution in [1.29, 1.82) is 0 Å². The molecule has 3 aromatic rings. The van der Waals surface area contributed by atoms with E-state index >= 15 is 0 Å². The summed E-state index contributed by atoms with van der Waals surface area (Å²) in [6, 6.07) is 12.7. The molecule has 2 N–H and O–H groups in total. The van der Waals surface area contributed by atoms with Crippen LogP contribution in [0.5, 0.6) is 5.75 Å². The Kier molecular flexibility index (Phi) is 9.84. The van der Waals surface area contributed by atoms with Gasteiger partial charge in [0.1, 0.15) is 5.75 Å². The third-order valence-electron chi connectivity index (χ3n) is 7.15. The number of carbonyl (C=O) groups excluding carboxylic acids is 1. The molecule has 1 aliphatic heterocycles. The van der Waals surface area contributed by atoms with Crippen molar-refractivity contribution in [1.82, 2.24) is 10.2 Å². The average Bonchev–Trinajstić information content (AvgIpc) is 2.94. The van der Waals surface area contributed by atoms with Gasteiger partial charge in [0.05, 0.1) is 21.2 Å². The third kappa shape index (κ3) is 8.23. The van der Waals surface area contributed by atoms with Gasteiger partial charge in [-0.25, -0.2) is 0 Å². The zero-order chi connectivity index (χ0) is 30.7. The molecule has 226 valence electrons. The summed E-state index contributed by atoms with van der Waals surface area (Å²) in [6.07, 6.45) is -9.61. The van der Waals surface area contributed by atoms with Crippen molar-refractivity contribution >= 4 is 34.8 Å². The first-order valence-corrected chi connectivity index (χ1v) is 13.8. The monoisotopic (exact) mass is 633 g/mol. The summed E-state index contributed by atoms with van der Waals surface area (Å²) in [5.74, 6) is -1.22. The van der Waals surface area contributed by atoms with Crippen molar-refractivity contribution in [2.75, 3.05) is 44.2 Å². The van der Waals surface area contributed by atoms with Crippen molar-refractivity contribution < 1.29 is 36.2 Å². The number of rotatable bonds is 8. The number of nitrogens with one attached hydrogen (secondary N) is 1. The lowest BCUT2D eigenvalue weighted by molar-refractivity contribution is -0.143. The number of benzene rings is 3. The number of amides is 1. The van der Waals surface area contributed by atoms with E-state index in [4.69, 9.17) is 23.2 Å². The predicted molar refractivity (Wildman–Crippen MR) is 149 cm³/mol. The van der Waals surface area contributed by atoms with Crippen LogP contribution in [0, 0.1) is 0 Å². The second-order valence-electron chi connectivity index (χ2n) is 10.0. The molecule has 1 saturated heterocycles. The fourth-order valence-electron chi connectivity index (χ4n) is 4.79. The lowest BCUT2D eigenvalue weighted by Crippen LogP contribution is -2.47. The van der Waals surface area contributed by atoms with E-state index in [1.165, 1.54) is 0 Å².